The number of carbonyl (C=O) groups excluding carboxylic acids is 3. The van der Waals surface area contributed by atoms with Gasteiger partial charge in [-0.3, -0.25) is 15.2 Å². The first-order valence-electron chi connectivity index (χ1n) is 16.6. The third kappa shape index (κ3) is 9.36. The number of quaternary nitrogens is 1. The van der Waals surface area contributed by atoms with Gasteiger partial charge in [0.1, 0.15) is 23.6 Å². The molecule has 4 rings (SSSR count). The fourth-order valence-electron chi connectivity index (χ4n) is 5.29. The third-order valence-electron chi connectivity index (χ3n) is 8.20. The molecule has 1 N–H and O–H groups in total. The van der Waals surface area contributed by atoms with Crippen LogP contribution >= 0.6 is 11.6 Å². The van der Waals surface area contributed by atoms with E-state index in [1.807, 2.05) is 31.2 Å². The summed E-state index contributed by atoms with van der Waals surface area (Å²) in [7, 11) is -4.77. The van der Waals surface area contributed by atoms with Crippen molar-refractivity contribution in [3.05, 3.63) is 99.2 Å². The van der Waals surface area contributed by atoms with Gasteiger partial charge in [-0.05, 0) is 102 Å². The van der Waals surface area contributed by atoms with Gasteiger partial charge in [-0.15, -0.1) is 0 Å². The molecule has 0 fully saturated rings. The molecule has 17 heteroatoms. The number of hydrogen-bond donors (Lipinski definition) is 1. The van der Waals surface area contributed by atoms with Crippen LogP contribution in [0.5, 0.6) is 0 Å². The molecule has 0 spiro atoms. The number of benzene rings is 3. The average molecular weight is 759 g/mol. The van der Waals surface area contributed by atoms with Crippen LogP contribution < -0.4 is 10.4 Å². The zero-order valence-corrected chi connectivity index (χ0v) is 31.6. The molecule has 0 saturated carbocycles. The molecule has 0 aliphatic carbocycles. The molecular weight excluding hydrogens is 716 g/mol. The van der Waals surface area contributed by atoms with E-state index in [0.29, 0.717) is 16.3 Å². The number of ether oxygens (including phenoxy) is 2. The lowest BCUT2D eigenvalue weighted by Crippen LogP contribution is -2.45. The minimum atomic E-state index is -4.77. The van der Waals surface area contributed by atoms with Crippen LogP contribution in [0, 0.1) is 5.21 Å². The molecule has 2 atom stereocenters. The number of hydrogen-bond acceptors (Lipinski definition) is 12. The second kappa shape index (κ2) is 16.3. The molecule has 2 amide bonds. The molecule has 0 saturated heterocycles. The molecule has 1 heterocycles. The van der Waals surface area contributed by atoms with Gasteiger partial charge in [0.25, 0.3) is 22.7 Å². The van der Waals surface area contributed by atoms with Gasteiger partial charge in [-0.2, -0.15) is 4.31 Å². The van der Waals surface area contributed by atoms with Crippen molar-refractivity contribution >= 4 is 45.3 Å². The number of nitrogens with zero attached hydrogens (tertiary/aromatic N) is 5. The zero-order chi connectivity index (χ0) is 38.4. The van der Waals surface area contributed by atoms with Crippen molar-refractivity contribution in [3.8, 4) is 0 Å². The van der Waals surface area contributed by atoms with Crippen LogP contribution in [0.1, 0.15) is 86.4 Å². The van der Waals surface area contributed by atoms with E-state index in [4.69, 9.17) is 25.9 Å². The summed E-state index contributed by atoms with van der Waals surface area (Å²) in [4.78, 5) is 44.0. The Bertz CT molecular complexity index is 1910. The van der Waals surface area contributed by atoms with Crippen molar-refractivity contribution in [1.82, 2.24) is 9.73 Å². The first kappa shape index (κ1) is 40.0. The fourth-order valence-corrected chi connectivity index (χ4v) is 7.28. The van der Waals surface area contributed by atoms with Crippen molar-refractivity contribution in [2.45, 2.75) is 77.5 Å². The molecule has 3 aromatic carbocycles. The molecule has 3 aromatic rings. The highest BCUT2D eigenvalue weighted by Crippen LogP contribution is 2.34. The number of anilines is 1. The standard InChI is InChI=1S/C35H43ClN6O9S/c1-8-42(46,9-2)38-39-50-22-49-33(44)26-16-14-25(15-17-26)24(4)41(34(45)51-35(5,6)7)52(47,48)31-21-28(18-19-29(31)36)32(43)37-40-23(3)20-27-12-10-11-13-30(27)40/h10-19,21,23-24H,8-9,20,22H2,1-7H3,(H,37,43)/b39-38-. The van der Waals surface area contributed by atoms with Crippen LogP contribution in [0.15, 0.2) is 82.1 Å². The minimum Gasteiger partial charge on any atom is -0.603 e. The van der Waals surface area contributed by atoms with Crippen LogP contribution in [0.4, 0.5) is 10.5 Å². The molecule has 2 unspecified atom stereocenters. The Labute approximate surface area is 308 Å². The SMILES string of the molecule is CC[N+]([O-])(CC)/N=N\OCOC(=O)c1ccc(C(C)N(C(=O)OC(C)(C)C)S(=O)(=O)c2cc(C(=O)NN3c4ccccc4CC3C)ccc2Cl)cc1. The first-order valence-corrected chi connectivity index (χ1v) is 18.4. The van der Waals surface area contributed by atoms with E-state index in [1.54, 1.807) is 39.6 Å². The van der Waals surface area contributed by atoms with Crippen molar-refractivity contribution in [3.63, 3.8) is 0 Å². The summed E-state index contributed by atoms with van der Waals surface area (Å²) in [5, 5.41) is 20.4. The van der Waals surface area contributed by atoms with Crippen LogP contribution in [0.3, 0.4) is 0 Å². The summed E-state index contributed by atoms with van der Waals surface area (Å²) in [5.74, 6) is -1.38. The molecule has 0 bridgehead atoms. The maximum atomic E-state index is 14.4. The smallest absolute Gasteiger partial charge is 0.424 e. The number of amides is 2. The number of halogens is 1. The van der Waals surface area contributed by atoms with Gasteiger partial charge in [0.05, 0.1) is 38.9 Å². The van der Waals surface area contributed by atoms with E-state index < -0.39 is 56.1 Å². The normalized spacial score (nSPS) is 15.2. The fraction of sp³-hybridized carbons (Fsp3) is 0.400. The molecule has 0 radical (unpaired) electrons. The number of hydrazine groups is 1. The van der Waals surface area contributed by atoms with Gasteiger partial charge in [0, 0.05) is 5.56 Å². The molecule has 15 nitrogen and oxygen atoms in total. The number of rotatable bonds is 13. The second-order valence-corrected chi connectivity index (χ2v) is 15.2. The lowest BCUT2D eigenvalue weighted by atomic mass is 10.1. The maximum Gasteiger partial charge on any atom is 0.424 e. The lowest BCUT2D eigenvalue weighted by molar-refractivity contribution is -0.890. The Morgan fingerprint density at radius 2 is 1.69 bits per heavy atom. The van der Waals surface area contributed by atoms with E-state index >= 15 is 0 Å². The highest BCUT2D eigenvalue weighted by atomic mass is 35.5. The minimum absolute atomic E-state index is 0.00758. The Morgan fingerprint density at radius 3 is 2.33 bits per heavy atom. The summed E-state index contributed by atoms with van der Waals surface area (Å²) < 4.78 is 38.8. The quantitative estimate of drug-likeness (QED) is 0.0482. The van der Waals surface area contributed by atoms with E-state index in [-0.39, 0.29) is 35.3 Å². The largest absolute Gasteiger partial charge is 0.603 e. The highest BCUT2D eigenvalue weighted by Gasteiger charge is 2.39. The molecule has 1 aliphatic heterocycles. The van der Waals surface area contributed by atoms with E-state index in [9.17, 15) is 28.0 Å². The molecule has 0 aromatic heterocycles. The van der Waals surface area contributed by atoms with Gasteiger partial charge in [0.2, 0.25) is 0 Å². The zero-order valence-electron chi connectivity index (χ0n) is 30.0. The van der Waals surface area contributed by atoms with Crippen molar-refractivity contribution < 1.29 is 41.9 Å². The Morgan fingerprint density at radius 1 is 1.06 bits per heavy atom. The Hall–Kier alpha value is -4.77. The highest BCUT2D eigenvalue weighted by molar-refractivity contribution is 7.89. The predicted octanol–water partition coefficient (Wildman–Crippen LogP) is 6.89. The van der Waals surface area contributed by atoms with E-state index in [2.05, 4.69) is 15.9 Å². The lowest BCUT2D eigenvalue weighted by Gasteiger charge is -2.31. The summed E-state index contributed by atoms with van der Waals surface area (Å²) in [6.07, 6.45) is -0.472. The molecule has 280 valence electrons. The summed E-state index contributed by atoms with van der Waals surface area (Å²) in [6.45, 7) is 11.1. The Balaban J connectivity index is 1.57. The third-order valence-corrected chi connectivity index (χ3v) is 10.5. The van der Waals surface area contributed by atoms with Crippen molar-refractivity contribution in [2.24, 2.45) is 10.5 Å². The predicted molar refractivity (Wildman–Crippen MR) is 192 cm³/mol. The average Bonchev–Trinajstić information content (AvgIpc) is 3.41. The number of nitrogens with one attached hydrogen (secondary N) is 1. The van der Waals surface area contributed by atoms with Gasteiger partial charge >= 0.3 is 12.1 Å². The van der Waals surface area contributed by atoms with Crippen LogP contribution in [0.2, 0.25) is 5.02 Å². The van der Waals surface area contributed by atoms with Crippen LogP contribution in [-0.4, -0.2) is 67.0 Å². The maximum absolute atomic E-state index is 14.4. The number of esters is 1. The topological polar surface area (TPSA) is 179 Å². The number of para-hydroxylation sites is 1. The number of hydroxylamine groups is 2. The Kier molecular flexibility index (Phi) is 12.5. The second-order valence-electron chi connectivity index (χ2n) is 13.0. The van der Waals surface area contributed by atoms with Crippen LogP contribution in [-0.2, 0) is 30.8 Å². The monoisotopic (exact) mass is 758 g/mol. The summed E-state index contributed by atoms with van der Waals surface area (Å²) in [5.41, 5.74) is 4.06. The van der Waals surface area contributed by atoms with Gasteiger partial charge in [0.15, 0.2) is 0 Å². The molecule has 52 heavy (non-hydrogen) atoms. The molecular formula is C35H43ClN6O9S. The number of sulfonamides is 1. The van der Waals surface area contributed by atoms with Crippen molar-refractivity contribution in [2.75, 3.05) is 24.9 Å². The summed E-state index contributed by atoms with van der Waals surface area (Å²) >= 11 is 6.44. The van der Waals surface area contributed by atoms with E-state index in [0.717, 1.165) is 17.3 Å². The number of carbonyl (C=O) groups is 3. The van der Waals surface area contributed by atoms with E-state index in [1.165, 1.54) is 43.3 Å². The first-order chi connectivity index (χ1) is 24.4. The summed E-state index contributed by atoms with van der Waals surface area (Å²) in [6, 6.07) is 15.8. The van der Waals surface area contributed by atoms with Gasteiger partial charge in [-0.25, -0.2) is 22.8 Å². The van der Waals surface area contributed by atoms with Crippen LogP contribution in [0.25, 0.3) is 0 Å². The number of fused-ring (bicyclic) bond motifs is 1. The van der Waals surface area contributed by atoms with Gasteiger partial charge in [-0.1, -0.05) is 41.9 Å². The molecule has 1 aliphatic rings. The van der Waals surface area contributed by atoms with Crippen molar-refractivity contribution in [1.29, 1.82) is 0 Å². The van der Waals surface area contributed by atoms with Gasteiger partial charge < -0.3 is 19.5 Å².